The highest BCUT2D eigenvalue weighted by molar-refractivity contribution is 9.11. The molecule has 17 heavy (non-hydrogen) atoms. The molecule has 96 valence electrons. The molecule has 0 aromatic carbocycles. The Balaban J connectivity index is 1.88. The Hall–Kier alpha value is 0.140. The summed E-state index contributed by atoms with van der Waals surface area (Å²) in [5.41, 5.74) is 0.510. The van der Waals surface area contributed by atoms with Crippen LogP contribution in [0.1, 0.15) is 44.4 Å². The van der Waals surface area contributed by atoms with Gasteiger partial charge in [-0.15, -0.1) is 11.3 Å². The Labute approximate surface area is 117 Å². The van der Waals surface area contributed by atoms with E-state index in [1.54, 1.807) is 0 Å². The van der Waals surface area contributed by atoms with E-state index in [1.807, 2.05) is 11.3 Å². The minimum Gasteiger partial charge on any atom is -0.314 e. The van der Waals surface area contributed by atoms with Gasteiger partial charge in [0.15, 0.2) is 0 Å². The van der Waals surface area contributed by atoms with Crippen molar-refractivity contribution in [2.75, 3.05) is 6.54 Å². The zero-order valence-electron chi connectivity index (χ0n) is 10.8. The van der Waals surface area contributed by atoms with Gasteiger partial charge < -0.3 is 5.32 Å². The number of rotatable bonds is 5. The van der Waals surface area contributed by atoms with E-state index in [0.717, 1.165) is 6.04 Å². The van der Waals surface area contributed by atoms with E-state index in [2.05, 4.69) is 47.2 Å². The molecule has 2 unspecified atom stereocenters. The molecule has 1 aliphatic carbocycles. The summed E-state index contributed by atoms with van der Waals surface area (Å²) in [6.45, 7) is 5.86. The largest absolute Gasteiger partial charge is 0.314 e. The molecule has 0 aliphatic heterocycles. The van der Waals surface area contributed by atoms with Crippen LogP contribution in [0.25, 0.3) is 0 Å². The lowest BCUT2D eigenvalue weighted by Crippen LogP contribution is -2.28. The highest BCUT2D eigenvalue weighted by Crippen LogP contribution is 2.42. The summed E-state index contributed by atoms with van der Waals surface area (Å²) in [5, 5.41) is 3.67. The molecule has 0 amide bonds. The monoisotopic (exact) mass is 315 g/mol. The zero-order valence-corrected chi connectivity index (χ0v) is 13.2. The topological polar surface area (TPSA) is 12.0 Å². The van der Waals surface area contributed by atoms with Crippen LogP contribution < -0.4 is 5.32 Å². The Morgan fingerprint density at radius 2 is 2.35 bits per heavy atom. The van der Waals surface area contributed by atoms with Gasteiger partial charge in [-0.3, -0.25) is 0 Å². The van der Waals surface area contributed by atoms with Crippen molar-refractivity contribution in [2.45, 2.75) is 52.0 Å². The van der Waals surface area contributed by atoms with E-state index in [4.69, 9.17) is 0 Å². The van der Waals surface area contributed by atoms with Gasteiger partial charge in [-0.1, -0.05) is 13.8 Å². The summed E-state index contributed by atoms with van der Waals surface area (Å²) in [6, 6.07) is 5.20. The van der Waals surface area contributed by atoms with Crippen molar-refractivity contribution in [3.05, 3.63) is 20.8 Å². The lowest BCUT2D eigenvalue weighted by molar-refractivity contribution is 0.324. The number of thiophene rings is 1. The third kappa shape index (κ3) is 3.80. The molecule has 1 N–H and O–H groups in total. The van der Waals surface area contributed by atoms with E-state index in [9.17, 15) is 0 Å². The highest BCUT2D eigenvalue weighted by Gasteiger charge is 2.34. The van der Waals surface area contributed by atoms with Crippen LogP contribution in [0.5, 0.6) is 0 Å². The van der Waals surface area contributed by atoms with E-state index >= 15 is 0 Å². The molecule has 1 aliphatic rings. The Morgan fingerprint density at radius 3 is 3.00 bits per heavy atom. The molecule has 2 atom stereocenters. The van der Waals surface area contributed by atoms with Crippen LogP contribution in [-0.4, -0.2) is 12.6 Å². The standard InChI is InChI=1S/C14H22BrNS/c1-3-8-16-11-6-7-14(2,9-11)10-12-4-5-13(15)17-12/h4-5,11,16H,3,6-10H2,1-2H3. The molecule has 0 radical (unpaired) electrons. The van der Waals surface area contributed by atoms with Crippen LogP contribution in [0.2, 0.25) is 0 Å². The Kier molecular flexibility index (Phi) is 4.67. The third-order valence-electron chi connectivity index (χ3n) is 3.75. The summed E-state index contributed by atoms with van der Waals surface area (Å²) in [4.78, 5) is 1.52. The molecule has 1 fully saturated rings. The quantitative estimate of drug-likeness (QED) is 0.836. The molecule has 0 saturated heterocycles. The van der Waals surface area contributed by atoms with E-state index < -0.39 is 0 Å². The second-order valence-electron chi connectivity index (χ2n) is 5.59. The number of halogens is 1. The van der Waals surface area contributed by atoms with Crippen LogP contribution in [0.4, 0.5) is 0 Å². The van der Waals surface area contributed by atoms with E-state index in [1.165, 1.54) is 47.3 Å². The van der Waals surface area contributed by atoms with Crippen LogP contribution in [0, 0.1) is 5.41 Å². The van der Waals surface area contributed by atoms with Gasteiger partial charge in [-0.05, 0) is 72.1 Å². The summed E-state index contributed by atoms with van der Waals surface area (Å²) in [5.74, 6) is 0. The number of nitrogens with one attached hydrogen (secondary N) is 1. The number of hydrogen-bond acceptors (Lipinski definition) is 2. The lowest BCUT2D eigenvalue weighted by atomic mass is 9.84. The smallest absolute Gasteiger partial charge is 0.0701 e. The fourth-order valence-electron chi connectivity index (χ4n) is 2.87. The van der Waals surface area contributed by atoms with Gasteiger partial charge >= 0.3 is 0 Å². The fraction of sp³-hybridized carbons (Fsp3) is 0.714. The van der Waals surface area contributed by atoms with Crippen molar-refractivity contribution in [2.24, 2.45) is 5.41 Å². The molecule has 3 heteroatoms. The normalized spacial score (nSPS) is 28.8. The second kappa shape index (κ2) is 5.85. The van der Waals surface area contributed by atoms with Crippen LogP contribution in [-0.2, 0) is 6.42 Å². The first-order valence-corrected chi connectivity index (χ1v) is 8.20. The fourth-order valence-corrected chi connectivity index (χ4v) is 4.57. The molecular formula is C14H22BrNS. The molecule has 1 heterocycles. The number of hydrogen-bond donors (Lipinski definition) is 1. The third-order valence-corrected chi connectivity index (χ3v) is 5.37. The van der Waals surface area contributed by atoms with Crippen molar-refractivity contribution < 1.29 is 0 Å². The molecule has 1 aromatic rings. The van der Waals surface area contributed by atoms with Crippen molar-refractivity contribution >= 4 is 27.3 Å². The van der Waals surface area contributed by atoms with Gasteiger partial charge in [-0.25, -0.2) is 0 Å². The van der Waals surface area contributed by atoms with Crippen LogP contribution in [0.3, 0.4) is 0 Å². The van der Waals surface area contributed by atoms with Gasteiger partial charge in [0.2, 0.25) is 0 Å². The summed E-state index contributed by atoms with van der Waals surface area (Å²) in [6.07, 6.45) is 6.54. The Morgan fingerprint density at radius 1 is 1.53 bits per heavy atom. The van der Waals surface area contributed by atoms with Crippen LogP contribution in [0.15, 0.2) is 15.9 Å². The van der Waals surface area contributed by atoms with Crippen molar-refractivity contribution in [1.82, 2.24) is 5.32 Å². The first kappa shape index (κ1) is 13.6. The summed E-state index contributed by atoms with van der Waals surface area (Å²) < 4.78 is 1.26. The first-order chi connectivity index (χ1) is 8.11. The molecule has 1 saturated carbocycles. The Bertz CT molecular complexity index is 363. The summed E-state index contributed by atoms with van der Waals surface area (Å²) >= 11 is 5.44. The maximum Gasteiger partial charge on any atom is 0.0701 e. The van der Waals surface area contributed by atoms with E-state index in [0.29, 0.717) is 5.41 Å². The molecule has 0 spiro atoms. The highest BCUT2D eigenvalue weighted by atomic mass is 79.9. The maximum atomic E-state index is 3.67. The van der Waals surface area contributed by atoms with Crippen molar-refractivity contribution in [3.8, 4) is 0 Å². The van der Waals surface area contributed by atoms with Gasteiger partial charge in [0.1, 0.15) is 0 Å². The first-order valence-electron chi connectivity index (χ1n) is 6.59. The van der Waals surface area contributed by atoms with Crippen molar-refractivity contribution in [1.29, 1.82) is 0 Å². The average molecular weight is 316 g/mol. The zero-order chi connectivity index (χ0) is 12.3. The molecule has 0 bridgehead atoms. The lowest BCUT2D eigenvalue weighted by Gasteiger charge is -2.23. The minimum atomic E-state index is 0.510. The predicted molar refractivity (Wildman–Crippen MR) is 79.8 cm³/mol. The maximum absolute atomic E-state index is 3.67. The van der Waals surface area contributed by atoms with Crippen LogP contribution >= 0.6 is 27.3 Å². The van der Waals surface area contributed by atoms with Gasteiger partial charge in [-0.2, -0.15) is 0 Å². The van der Waals surface area contributed by atoms with Gasteiger partial charge in [0, 0.05) is 10.9 Å². The SMILES string of the molecule is CCCNC1CCC(C)(Cc2ccc(Br)s2)C1. The molecule has 1 aromatic heterocycles. The van der Waals surface area contributed by atoms with Crippen molar-refractivity contribution in [3.63, 3.8) is 0 Å². The van der Waals surface area contributed by atoms with E-state index in [-0.39, 0.29) is 0 Å². The summed E-state index contributed by atoms with van der Waals surface area (Å²) in [7, 11) is 0. The second-order valence-corrected chi connectivity index (χ2v) is 8.13. The molecule has 1 nitrogen and oxygen atoms in total. The molecular weight excluding hydrogens is 294 g/mol. The minimum absolute atomic E-state index is 0.510. The average Bonchev–Trinajstić information content (AvgIpc) is 2.83. The predicted octanol–water partition coefficient (Wildman–Crippen LogP) is 4.61. The van der Waals surface area contributed by atoms with Gasteiger partial charge in [0.05, 0.1) is 3.79 Å². The molecule has 2 rings (SSSR count). The van der Waals surface area contributed by atoms with Gasteiger partial charge in [0.25, 0.3) is 0 Å².